The average molecular weight is 422 g/mol. The van der Waals surface area contributed by atoms with Crippen molar-refractivity contribution in [1.29, 1.82) is 0 Å². The molecule has 1 aromatic carbocycles. The fraction of sp³-hybridized carbons (Fsp3) is 0.100. The Bertz CT molecular complexity index is 1150. The fourth-order valence-electron chi connectivity index (χ4n) is 2.97. The van der Waals surface area contributed by atoms with E-state index < -0.39 is 0 Å². The average Bonchev–Trinajstić information content (AvgIpc) is 2.98. The number of rotatable bonds is 3. The van der Waals surface area contributed by atoms with Gasteiger partial charge in [-0.25, -0.2) is 4.98 Å². The molecule has 0 saturated heterocycles. The van der Waals surface area contributed by atoms with Gasteiger partial charge in [0.1, 0.15) is 0 Å². The third-order valence-corrected chi connectivity index (χ3v) is 4.75. The van der Waals surface area contributed by atoms with Crippen molar-refractivity contribution in [2.24, 2.45) is 7.05 Å². The Morgan fingerprint density at radius 1 is 1.15 bits per heavy atom. The fourth-order valence-corrected chi connectivity index (χ4v) is 3.33. The minimum Gasteiger partial charge on any atom is -0.319 e. The summed E-state index contributed by atoms with van der Waals surface area (Å²) in [6.07, 6.45) is 5.21. The predicted molar refractivity (Wildman–Crippen MR) is 109 cm³/mol. The number of anilines is 1. The third kappa shape index (κ3) is 3.46. The number of carbonyl (C=O) groups excluding carboxylic acids is 1. The van der Waals surface area contributed by atoms with Gasteiger partial charge in [0.15, 0.2) is 0 Å². The van der Waals surface area contributed by atoms with Crippen LogP contribution in [0.5, 0.6) is 0 Å². The zero-order valence-corrected chi connectivity index (χ0v) is 16.4. The van der Waals surface area contributed by atoms with Crippen LogP contribution in [0.2, 0.25) is 0 Å². The zero-order chi connectivity index (χ0) is 19.0. The Hall–Kier alpha value is -3.06. The Balaban J connectivity index is 1.85. The van der Waals surface area contributed by atoms with Gasteiger partial charge in [0, 0.05) is 41.1 Å². The van der Waals surface area contributed by atoms with Gasteiger partial charge in [0.2, 0.25) is 0 Å². The Kier molecular flexibility index (Phi) is 4.45. The Labute approximate surface area is 164 Å². The topological polar surface area (TPSA) is 72.7 Å². The molecule has 4 aromatic rings. The van der Waals surface area contributed by atoms with E-state index in [4.69, 9.17) is 4.98 Å². The highest BCUT2D eigenvalue weighted by Gasteiger charge is 2.16. The van der Waals surface area contributed by atoms with Crippen LogP contribution in [-0.2, 0) is 7.05 Å². The van der Waals surface area contributed by atoms with Crippen LogP contribution in [0, 0.1) is 6.92 Å². The molecular formula is C20H16BrN5O. The number of amides is 1. The number of hydrogen-bond donors (Lipinski definition) is 1. The van der Waals surface area contributed by atoms with Gasteiger partial charge in [-0.15, -0.1) is 0 Å². The molecule has 3 aromatic heterocycles. The van der Waals surface area contributed by atoms with Gasteiger partial charge in [-0.3, -0.25) is 14.5 Å². The highest BCUT2D eigenvalue weighted by Crippen LogP contribution is 2.28. The maximum atomic E-state index is 13.1. The molecule has 3 heterocycles. The zero-order valence-electron chi connectivity index (χ0n) is 14.8. The molecule has 6 nitrogen and oxygen atoms in total. The lowest BCUT2D eigenvalue weighted by atomic mass is 10.0. The molecule has 1 N–H and O–H groups in total. The van der Waals surface area contributed by atoms with Crippen molar-refractivity contribution < 1.29 is 4.79 Å². The molecule has 7 heteroatoms. The van der Waals surface area contributed by atoms with E-state index in [1.807, 2.05) is 50.4 Å². The van der Waals surface area contributed by atoms with Crippen LogP contribution in [0.15, 0.2) is 59.5 Å². The first-order valence-corrected chi connectivity index (χ1v) is 9.13. The molecule has 4 rings (SSSR count). The third-order valence-electron chi connectivity index (χ3n) is 4.25. The smallest absolute Gasteiger partial charge is 0.256 e. The number of halogens is 1. The van der Waals surface area contributed by atoms with Gasteiger partial charge >= 0.3 is 0 Å². The normalized spacial score (nSPS) is 10.9. The summed E-state index contributed by atoms with van der Waals surface area (Å²) < 4.78 is 2.56. The molecule has 0 aliphatic heterocycles. The second-order valence-electron chi connectivity index (χ2n) is 6.21. The molecule has 0 bridgehead atoms. The van der Waals surface area contributed by atoms with Crippen molar-refractivity contribution in [1.82, 2.24) is 19.7 Å². The molecule has 134 valence electrons. The lowest BCUT2D eigenvalue weighted by molar-refractivity contribution is 0.102. The van der Waals surface area contributed by atoms with Crippen molar-refractivity contribution in [2.75, 3.05) is 5.32 Å². The van der Waals surface area contributed by atoms with Gasteiger partial charge in [-0.2, -0.15) is 5.10 Å². The summed E-state index contributed by atoms with van der Waals surface area (Å²) >= 11 is 3.48. The lowest BCUT2D eigenvalue weighted by Gasteiger charge is -2.11. The number of nitrogens with one attached hydrogen (secondary N) is 1. The van der Waals surface area contributed by atoms with Gasteiger partial charge < -0.3 is 5.32 Å². The van der Waals surface area contributed by atoms with E-state index in [1.165, 1.54) is 0 Å². The second-order valence-corrected chi connectivity index (χ2v) is 7.12. The first-order valence-electron chi connectivity index (χ1n) is 8.33. The summed E-state index contributed by atoms with van der Waals surface area (Å²) in [4.78, 5) is 21.8. The number of nitrogens with zero attached hydrogens (tertiary/aromatic N) is 4. The monoisotopic (exact) mass is 421 g/mol. The summed E-state index contributed by atoms with van der Waals surface area (Å²) in [6, 6.07) is 11.3. The summed E-state index contributed by atoms with van der Waals surface area (Å²) in [6.45, 7) is 1.86. The Morgan fingerprint density at radius 3 is 2.63 bits per heavy atom. The predicted octanol–water partition coefficient (Wildman–Crippen LogP) is 4.35. The van der Waals surface area contributed by atoms with Gasteiger partial charge in [-0.05, 0) is 43.3 Å². The summed E-state index contributed by atoms with van der Waals surface area (Å²) in [7, 11) is 1.82. The largest absolute Gasteiger partial charge is 0.319 e. The van der Waals surface area contributed by atoms with E-state index in [1.54, 1.807) is 23.3 Å². The first-order chi connectivity index (χ1) is 13.0. The number of fused-ring (bicyclic) bond motifs is 1. The summed E-state index contributed by atoms with van der Waals surface area (Å²) in [5, 5.41) is 8.01. The molecule has 0 atom stereocenters. The lowest BCUT2D eigenvalue weighted by Crippen LogP contribution is -2.13. The number of aryl methyl sites for hydroxylation is 2. The molecule has 0 aliphatic rings. The maximum absolute atomic E-state index is 13.1. The molecule has 0 saturated carbocycles. The van der Waals surface area contributed by atoms with E-state index in [2.05, 4.69) is 31.3 Å². The quantitative estimate of drug-likeness (QED) is 0.533. The molecule has 1 amide bonds. The second kappa shape index (κ2) is 6.92. The number of carbonyl (C=O) groups is 1. The Morgan fingerprint density at radius 2 is 1.93 bits per heavy atom. The number of benzene rings is 1. The molecule has 0 fully saturated rings. The number of aromatic nitrogens is 4. The van der Waals surface area contributed by atoms with Gasteiger partial charge in [0.25, 0.3) is 5.91 Å². The van der Waals surface area contributed by atoms with Crippen molar-refractivity contribution >= 4 is 38.4 Å². The van der Waals surface area contributed by atoms with E-state index in [0.29, 0.717) is 11.3 Å². The van der Waals surface area contributed by atoms with Crippen LogP contribution in [-0.4, -0.2) is 25.7 Å². The SMILES string of the molecule is Cc1nn(C)cc1NC(=O)c1cc(-c2ccncc2)nc2ccc(Br)cc12. The van der Waals surface area contributed by atoms with Crippen molar-refractivity contribution in [3.8, 4) is 11.3 Å². The van der Waals surface area contributed by atoms with E-state index in [-0.39, 0.29) is 5.91 Å². The van der Waals surface area contributed by atoms with Crippen LogP contribution < -0.4 is 5.32 Å². The van der Waals surface area contributed by atoms with Crippen molar-refractivity contribution in [3.63, 3.8) is 0 Å². The van der Waals surface area contributed by atoms with Crippen molar-refractivity contribution in [2.45, 2.75) is 6.92 Å². The van der Waals surface area contributed by atoms with E-state index in [9.17, 15) is 4.79 Å². The minimum atomic E-state index is -0.202. The van der Waals surface area contributed by atoms with Crippen LogP contribution >= 0.6 is 15.9 Å². The molecule has 0 radical (unpaired) electrons. The maximum Gasteiger partial charge on any atom is 0.256 e. The van der Waals surface area contributed by atoms with Gasteiger partial charge in [0.05, 0.1) is 28.2 Å². The highest BCUT2D eigenvalue weighted by molar-refractivity contribution is 9.10. The number of pyridine rings is 2. The van der Waals surface area contributed by atoms with Crippen LogP contribution in [0.4, 0.5) is 5.69 Å². The molecule has 0 unspecified atom stereocenters. The van der Waals surface area contributed by atoms with Crippen LogP contribution in [0.3, 0.4) is 0 Å². The molecule has 27 heavy (non-hydrogen) atoms. The van der Waals surface area contributed by atoms with E-state index >= 15 is 0 Å². The molecule has 0 aliphatic carbocycles. The highest BCUT2D eigenvalue weighted by atomic mass is 79.9. The summed E-state index contributed by atoms with van der Waals surface area (Å²) in [5.41, 5.74) is 4.38. The molecule has 0 spiro atoms. The summed E-state index contributed by atoms with van der Waals surface area (Å²) in [5.74, 6) is -0.202. The van der Waals surface area contributed by atoms with E-state index in [0.717, 1.165) is 32.3 Å². The first kappa shape index (κ1) is 17.4. The van der Waals surface area contributed by atoms with Gasteiger partial charge in [-0.1, -0.05) is 15.9 Å². The standard InChI is InChI=1S/C20H16BrN5O/c1-12-19(11-26(2)25-12)24-20(27)16-10-18(13-5-7-22-8-6-13)23-17-4-3-14(21)9-15(16)17/h3-11H,1-2H3,(H,24,27). The molecular weight excluding hydrogens is 406 g/mol. The minimum absolute atomic E-state index is 0.202. The van der Waals surface area contributed by atoms with Crippen molar-refractivity contribution in [3.05, 3.63) is 70.7 Å². The van der Waals surface area contributed by atoms with Crippen LogP contribution in [0.1, 0.15) is 16.1 Å². The number of hydrogen-bond acceptors (Lipinski definition) is 4. The van der Waals surface area contributed by atoms with Crippen LogP contribution in [0.25, 0.3) is 22.2 Å².